The summed E-state index contributed by atoms with van der Waals surface area (Å²) in [5, 5.41) is 9.96. The molecule has 0 heterocycles. The highest BCUT2D eigenvalue weighted by molar-refractivity contribution is 6.37. The number of rotatable bonds is 8. The number of carbonyl (C=O) groups excluding carboxylic acids is 4. The lowest BCUT2D eigenvalue weighted by molar-refractivity contribution is -0.138. The van der Waals surface area contributed by atoms with Crippen molar-refractivity contribution in [3.05, 3.63) is 0 Å². The SMILES string of the molecule is CNCC(=O)N[C@@H](C)C(=O)NCC(=O)C(=O)NC1CC1. The molecule has 1 fully saturated rings. The number of nitrogens with one attached hydrogen (secondary N) is 4. The second-order valence-electron chi connectivity index (χ2n) is 4.71. The first-order chi connectivity index (χ1) is 9.43. The van der Waals surface area contributed by atoms with Gasteiger partial charge in [0.05, 0.1) is 13.1 Å². The third-order valence-electron chi connectivity index (χ3n) is 2.70. The van der Waals surface area contributed by atoms with E-state index in [1.54, 1.807) is 7.05 Å². The Bertz CT molecular complexity index is 406. The van der Waals surface area contributed by atoms with Gasteiger partial charge in [-0.25, -0.2) is 0 Å². The maximum absolute atomic E-state index is 11.6. The maximum atomic E-state index is 11.6. The number of hydrogen-bond acceptors (Lipinski definition) is 5. The van der Waals surface area contributed by atoms with Gasteiger partial charge in [0.25, 0.3) is 5.91 Å². The Balaban J connectivity index is 2.25. The quantitative estimate of drug-likeness (QED) is 0.373. The Morgan fingerprint density at radius 1 is 1.15 bits per heavy atom. The van der Waals surface area contributed by atoms with E-state index >= 15 is 0 Å². The highest BCUT2D eigenvalue weighted by Crippen LogP contribution is 2.18. The normalized spacial score (nSPS) is 15.1. The average Bonchev–Trinajstić information content (AvgIpc) is 3.19. The van der Waals surface area contributed by atoms with Crippen LogP contribution in [-0.2, 0) is 19.2 Å². The van der Waals surface area contributed by atoms with Crippen LogP contribution in [0, 0.1) is 0 Å². The van der Waals surface area contributed by atoms with Gasteiger partial charge >= 0.3 is 0 Å². The minimum Gasteiger partial charge on any atom is -0.347 e. The molecule has 20 heavy (non-hydrogen) atoms. The van der Waals surface area contributed by atoms with Crippen molar-refractivity contribution in [3.63, 3.8) is 0 Å². The average molecular weight is 284 g/mol. The van der Waals surface area contributed by atoms with E-state index in [0.717, 1.165) is 12.8 Å². The van der Waals surface area contributed by atoms with Gasteiger partial charge in [-0.3, -0.25) is 19.2 Å². The molecule has 0 unspecified atom stereocenters. The van der Waals surface area contributed by atoms with Crippen molar-refractivity contribution in [1.82, 2.24) is 21.3 Å². The number of likely N-dealkylation sites (N-methyl/N-ethyl adjacent to an activating group) is 1. The molecule has 8 nitrogen and oxygen atoms in total. The molecule has 0 aromatic carbocycles. The van der Waals surface area contributed by atoms with Gasteiger partial charge in [0.15, 0.2) is 0 Å². The zero-order valence-corrected chi connectivity index (χ0v) is 11.6. The van der Waals surface area contributed by atoms with Crippen molar-refractivity contribution < 1.29 is 19.2 Å². The fourth-order valence-electron chi connectivity index (χ4n) is 1.41. The molecule has 8 heteroatoms. The summed E-state index contributed by atoms with van der Waals surface area (Å²) >= 11 is 0. The molecule has 1 aliphatic carbocycles. The first-order valence-corrected chi connectivity index (χ1v) is 6.49. The van der Waals surface area contributed by atoms with Crippen LogP contribution >= 0.6 is 0 Å². The molecule has 0 saturated heterocycles. The van der Waals surface area contributed by atoms with Crippen LogP contribution in [-0.4, -0.2) is 55.7 Å². The van der Waals surface area contributed by atoms with Crippen LogP contribution in [0.1, 0.15) is 19.8 Å². The predicted molar refractivity (Wildman–Crippen MR) is 70.7 cm³/mol. The van der Waals surface area contributed by atoms with Crippen molar-refractivity contribution in [2.24, 2.45) is 0 Å². The molecular weight excluding hydrogens is 264 g/mol. The number of ketones is 1. The predicted octanol–water partition coefficient (Wildman–Crippen LogP) is -2.33. The monoisotopic (exact) mass is 284 g/mol. The van der Waals surface area contributed by atoms with Gasteiger partial charge in [-0.1, -0.05) is 0 Å². The Kier molecular flexibility index (Phi) is 6.10. The Morgan fingerprint density at radius 2 is 1.80 bits per heavy atom. The maximum Gasteiger partial charge on any atom is 0.289 e. The summed E-state index contributed by atoms with van der Waals surface area (Å²) in [7, 11) is 1.61. The molecule has 1 saturated carbocycles. The zero-order valence-electron chi connectivity index (χ0n) is 11.6. The largest absolute Gasteiger partial charge is 0.347 e. The van der Waals surface area contributed by atoms with Gasteiger partial charge in [0, 0.05) is 6.04 Å². The van der Waals surface area contributed by atoms with E-state index in [9.17, 15) is 19.2 Å². The molecule has 0 aromatic rings. The molecule has 4 N–H and O–H groups in total. The van der Waals surface area contributed by atoms with Crippen LogP contribution in [0.3, 0.4) is 0 Å². The van der Waals surface area contributed by atoms with Crippen LogP contribution in [0.5, 0.6) is 0 Å². The molecule has 1 atom stereocenters. The minimum absolute atomic E-state index is 0.0976. The molecule has 112 valence electrons. The molecule has 1 aliphatic rings. The van der Waals surface area contributed by atoms with E-state index in [-0.39, 0.29) is 25.0 Å². The minimum atomic E-state index is -0.768. The highest BCUT2D eigenvalue weighted by atomic mass is 16.2. The fraction of sp³-hybridized carbons (Fsp3) is 0.667. The Morgan fingerprint density at radius 3 is 2.35 bits per heavy atom. The second-order valence-corrected chi connectivity index (χ2v) is 4.71. The van der Waals surface area contributed by atoms with Gasteiger partial charge in [0.1, 0.15) is 6.04 Å². The summed E-state index contributed by atoms with van der Waals surface area (Å²) in [5.74, 6) is -2.21. The van der Waals surface area contributed by atoms with E-state index in [1.165, 1.54) is 6.92 Å². The summed E-state index contributed by atoms with van der Waals surface area (Å²) in [4.78, 5) is 45.6. The summed E-state index contributed by atoms with van der Waals surface area (Å²) in [6.07, 6.45) is 1.78. The van der Waals surface area contributed by atoms with Crippen LogP contribution in [0.25, 0.3) is 0 Å². The van der Waals surface area contributed by atoms with E-state index in [4.69, 9.17) is 0 Å². The molecule has 0 aromatic heterocycles. The molecule has 0 spiro atoms. The number of hydrogen-bond donors (Lipinski definition) is 4. The lowest BCUT2D eigenvalue weighted by Crippen LogP contribution is -2.49. The van der Waals surface area contributed by atoms with E-state index in [1.807, 2.05) is 0 Å². The van der Waals surface area contributed by atoms with E-state index < -0.39 is 23.6 Å². The van der Waals surface area contributed by atoms with Gasteiger partial charge in [-0.05, 0) is 26.8 Å². The number of Topliss-reactive ketones (excluding diaryl/α,β-unsaturated/α-hetero) is 1. The summed E-state index contributed by atoms with van der Waals surface area (Å²) in [6.45, 7) is 1.22. The topological polar surface area (TPSA) is 116 Å². The van der Waals surface area contributed by atoms with Gasteiger partial charge in [-0.15, -0.1) is 0 Å². The summed E-state index contributed by atoms with van der Waals surface area (Å²) in [6, 6.07) is -0.669. The first-order valence-electron chi connectivity index (χ1n) is 6.49. The van der Waals surface area contributed by atoms with Crippen LogP contribution < -0.4 is 21.3 Å². The van der Waals surface area contributed by atoms with Gasteiger partial charge in [0.2, 0.25) is 17.6 Å². The van der Waals surface area contributed by atoms with Crippen molar-refractivity contribution in [2.75, 3.05) is 20.1 Å². The van der Waals surface area contributed by atoms with Crippen molar-refractivity contribution in [3.8, 4) is 0 Å². The lowest BCUT2D eigenvalue weighted by Gasteiger charge is -2.13. The molecule has 0 bridgehead atoms. The van der Waals surface area contributed by atoms with Crippen molar-refractivity contribution >= 4 is 23.5 Å². The van der Waals surface area contributed by atoms with E-state index in [2.05, 4.69) is 21.3 Å². The zero-order chi connectivity index (χ0) is 15.1. The van der Waals surface area contributed by atoms with Gasteiger partial charge < -0.3 is 21.3 Å². The Hall–Kier alpha value is -1.96. The molecule has 0 aliphatic heterocycles. The molecule has 3 amide bonds. The second kappa shape index (κ2) is 7.59. The van der Waals surface area contributed by atoms with E-state index in [0.29, 0.717) is 0 Å². The van der Waals surface area contributed by atoms with Crippen LogP contribution in [0.4, 0.5) is 0 Å². The molecular formula is C12H20N4O4. The van der Waals surface area contributed by atoms with Crippen LogP contribution in [0.15, 0.2) is 0 Å². The Labute approximate surface area is 117 Å². The van der Waals surface area contributed by atoms with Crippen LogP contribution in [0.2, 0.25) is 0 Å². The smallest absolute Gasteiger partial charge is 0.289 e. The summed E-state index contributed by atoms with van der Waals surface area (Å²) in [5.41, 5.74) is 0. The highest BCUT2D eigenvalue weighted by Gasteiger charge is 2.26. The van der Waals surface area contributed by atoms with Crippen molar-refractivity contribution in [1.29, 1.82) is 0 Å². The third-order valence-corrected chi connectivity index (χ3v) is 2.70. The third kappa shape index (κ3) is 5.79. The molecule has 1 rings (SSSR count). The number of amides is 3. The number of carbonyl (C=O) groups is 4. The first kappa shape index (κ1) is 16.1. The van der Waals surface area contributed by atoms with Crippen molar-refractivity contribution in [2.45, 2.75) is 31.8 Å². The molecule has 0 radical (unpaired) electrons. The lowest BCUT2D eigenvalue weighted by atomic mass is 10.3. The standard InChI is InChI=1S/C12H20N4O4/c1-7(15-10(18)6-13-2)11(19)14-5-9(17)12(20)16-8-3-4-8/h7-8,13H,3-6H2,1-2H3,(H,14,19)(H,15,18)(H,16,20)/t7-/m0/s1. The van der Waals surface area contributed by atoms with Gasteiger partial charge in [-0.2, -0.15) is 0 Å². The summed E-state index contributed by atoms with van der Waals surface area (Å²) < 4.78 is 0. The fourth-order valence-corrected chi connectivity index (χ4v) is 1.41.